The Balaban J connectivity index is 1.44. The lowest BCUT2D eigenvalue weighted by molar-refractivity contribution is 0.102. The van der Waals surface area contributed by atoms with Gasteiger partial charge in [-0.25, -0.2) is 8.42 Å². The molecule has 3 aromatic rings. The number of rotatable bonds is 5. The number of piperazine rings is 1. The van der Waals surface area contributed by atoms with Crippen molar-refractivity contribution in [1.29, 1.82) is 0 Å². The van der Waals surface area contributed by atoms with Crippen LogP contribution in [0.4, 0.5) is 17.1 Å². The third-order valence-corrected chi connectivity index (χ3v) is 9.19. The molecular weight excluding hydrogens is 519 g/mol. The van der Waals surface area contributed by atoms with Crippen LogP contribution in [-0.2, 0) is 16.4 Å². The highest BCUT2D eigenvalue weighted by molar-refractivity contribution is 7.93. The molecule has 0 spiro atoms. The number of benzene rings is 3. The molecule has 1 saturated heterocycles. The van der Waals surface area contributed by atoms with Gasteiger partial charge in [0.25, 0.3) is 15.9 Å². The number of anilines is 3. The Bertz CT molecular complexity index is 1420. The molecule has 0 aromatic heterocycles. The summed E-state index contributed by atoms with van der Waals surface area (Å²) in [5, 5.41) is 3.49. The lowest BCUT2D eigenvalue weighted by Crippen LogP contribution is -2.44. The van der Waals surface area contributed by atoms with E-state index in [2.05, 4.69) is 22.2 Å². The Morgan fingerprint density at radius 1 is 0.889 bits per heavy atom. The number of nitrogens with zero attached hydrogens (tertiary/aromatic N) is 3. The topological polar surface area (TPSA) is 73.0 Å². The van der Waals surface area contributed by atoms with Crippen LogP contribution in [0, 0.1) is 0 Å². The second-order valence-corrected chi connectivity index (χ2v) is 11.7. The molecule has 0 atom stereocenters. The van der Waals surface area contributed by atoms with Crippen LogP contribution in [-0.4, -0.2) is 59.0 Å². The summed E-state index contributed by atoms with van der Waals surface area (Å²) in [5.74, 6) is -0.442. The van der Waals surface area contributed by atoms with Crippen molar-refractivity contribution in [1.82, 2.24) is 4.90 Å². The maximum absolute atomic E-state index is 13.6. The van der Waals surface area contributed by atoms with E-state index in [9.17, 15) is 13.2 Å². The molecular formula is C26H26Cl2N4O3S. The fourth-order valence-corrected chi connectivity index (χ4v) is 6.82. The Kier molecular flexibility index (Phi) is 6.87. The molecule has 0 saturated carbocycles. The molecule has 5 rings (SSSR count). The van der Waals surface area contributed by atoms with Gasteiger partial charge in [-0.1, -0.05) is 41.4 Å². The van der Waals surface area contributed by atoms with Gasteiger partial charge in [-0.3, -0.25) is 9.10 Å². The first-order chi connectivity index (χ1) is 17.2. The molecule has 1 N–H and O–H groups in total. The summed E-state index contributed by atoms with van der Waals surface area (Å²) in [4.78, 5) is 17.6. The molecule has 7 nitrogen and oxygen atoms in total. The minimum atomic E-state index is -3.96. The van der Waals surface area contributed by atoms with Crippen molar-refractivity contribution in [3.63, 3.8) is 0 Å². The van der Waals surface area contributed by atoms with E-state index in [1.807, 2.05) is 18.2 Å². The molecule has 1 fully saturated rings. The maximum Gasteiger partial charge on any atom is 0.265 e. The summed E-state index contributed by atoms with van der Waals surface area (Å²) in [7, 11) is -1.88. The number of para-hydroxylation sites is 1. The van der Waals surface area contributed by atoms with Crippen molar-refractivity contribution in [2.75, 3.05) is 54.3 Å². The van der Waals surface area contributed by atoms with Crippen LogP contribution in [0.1, 0.15) is 15.9 Å². The number of hydrogen-bond acceptors (Lipinski definition) is 5. The van der Waals surface area contributed by atoms with Crippen molar-refractivity contribution in [3.05, 3.63) is 81.8 Å². The molecule has 0 radical (unpaired) electrons. The van der Waals surface area contributed by atoms with Crippen LogP contribution >= 0.6 is 23.2 Å². The van der Waals surface area contributed by atoms with Crippen LogP contribution in [0.15, 0.2) is 65.6 Å². The number of carbonyl (C=O) groups is 1. The Morgan fingerprint density at radius 3 is 2.42 bits per heavy atom. The van der Waals surface area contributed by atoms with Gasteiger partial charge in [-0.2, -0.15) is 0 Å². The van der Waals surface area contributed by atoms with Crippen LogP contribution in [0.3, 0.4) is 0 Å². The molecule has 2 heterocycles. The highest BCUT2D eigenvalue weighted by Crippen LogP contribution is 2.36. The van der Waals surface area contributed by atoms with Crippen molar-refractivity contribution in [2.45, 2.75) is 11.3 Å². The van der Waals surface area contributed by atoms with Gasteiger partial charge in [0.05, 0.1) is 22.1 Å². The summed E-state index contributed by atoms with van der Waals surface area (Å²) < 4.78 is 28.5. The number of fused-ring (bicyclic) bond motifs is 1. The van der Waals surface area contributed by atoms with Gasteiger partial charge < -0.3 is 15.1 Å². The maximum atomic E-state index is 13.6. The lowest BCUT2D eigenvalue weighted by atomic mass is 10.1. The van der Waals surface area contributed by atoms with Crippen LogP contribution in [0.25, 0.3) is 0 Å². The van der Waals surface area contributed by atoms with E-state index in [1.165, 1.54) is 22.5 Å². The Hall–Kier alpha value is -2.78. The summed E-state index contributed by atoms with van der Waals surface area (Å²) in [5.41, 5.74) is 3.23. The molecule has 0 unspecified atom stereocenters. The summed E-state index contributed by atoms with van der Waals surface area (Å²) in [6.45, 7) is 3.79. The molecule has 188 valence electrons. The monoisotopic (exact) mass is 544 g/mol. The summed E-state index contributed by atoms with van der Waals surface area (Å²) in [6, 6.07) is 17.1. The first-order valence-corrected chi connectivity index (χ1v) is 13.9. The normalized spacial score (nSPS) is 16.2. The Labute approximate surface area is 221 Å². The van der Waals surface area contributed by atoms with E-state index < -0.39 is 15.9 Å². The summed E-state index contributed by atoms with van der Waals surface area (Å²) >= 11 is 12.6. The van der Waals surface area contributed by atoms with E-state index in [4.69, 9.17) is 23.2 Å². The van der Waals surface area contributed by atoms with Gasteiger partial charge in [-0.15, -0.1) is 0 Å². The molecule has 36 heavy (non-hydrogen) atoms. The van der Waals surface area contributed by atoms with Crippen LogP contribution in [0.5, 0.6) is 0 Å². The van der Waals surface area contributed by atoms with Crippen molar-refractivity contribution < 1.29 is 13.2 Å². The molecule has 0 aliphatic carbocycles. The van der Waals surface area contributed by atoms with E-state index >= 15 is 0 Å². The van der Waals surface area contributed by atoms with Crippen molar-refractivity contribution >= 4 is 56.2 Å². The molecule has 1 amide bonds. The van der Waals surface area contributed by atoms with E-state index in [0.29, 0.717) is 29.4 Å². The van der Waals surface area contributed by atoms with Gasteiger partial charge in [0, 0.05) is 43.3 Å². The molecule has 3 aromatic carbocycles. The number of sulfonamides is 1. The average Bonchev–Trinajstić information content (AvgIpc) is 3.30. The average molecular weight is 545 g/mol. The van der Waals surface area contributed by atoms with E-state index in [-0.39, 0.29) is 15.5 Å². The van der Waals surface area contributed by atoms with Crippen molar-refractivity contribution in [3.8, 4) is 0 Å². The number of halogens is 2. The van der Waals surface area contributed by atoms with Crippen molar-refractivity contribution in [2.24, 2.45) is 0 Å². The number of amides is 1. The Morgan fingerprint density at radius 2 is 1.64 bits per heavy atom. The lowest BCUT2D eigenvalue weighted by Gasteiger charge is -2.35. The number of nitrogens with one attached hydrogen (secondary N) is 1. The first-order valence-electron chi connectivity index (χ1n) is 11.7. The van der Waals surface area contributed by atoms with Gasteiger partial charge >= 0.3 is 0 Å². The highest BCUT2D eigenvalue weighted by Gasteiger charge is 2.32. The van der Waals surface area contributed by atoms with Gasteiger partial charge in [0.2, 0.25) is 0 Å². The number of likely N-dealkylation sites (N-methyl/N-ethyl adjacent to an activating group) is 1. The zero-order valence-corrected chi connectivity index (χ0v) is 22.1. The standard InChI is InChI=1S/C26H26Cl2N4O3S/c1-30-12-14-31(15-13-30)24-9-7-20(27)17-22(24)29-26(33)19-6-8-21(28)25(16-19)36(34,35)32-11-10-18-4-2-3-5-23(18)32/h2-9,16-17H,10-15H2,1H3,(H,29,33). The molecule has 2 aliphatic heterocycles. The predicted octanol–water partition coefficient (Wildman–Crippen LogP) is 4.75. The van der Waals surface area contributed by atoms with E-state index in [1.54, 1.807) is 24.3 Å². The fourth-order valence-electron chi connectivity index (χ4n) is 4.64. The fraction of sp³-hybridized carbons (Fsp3) is 0.269. The summed E-state index contributed by atoms with van der Waals surface area (Å²) in [6.07, 6.45) is 0.622. The molecule has 0 bridgehead atoms. The largest absolute Gasteiger partial charge is 0.367 e. The van der Waals surface area contributed by atoms with Crippen LogP contribution < -0.4 is 14.5 Å². The second kappa shape index (κ2) is 9.94. The third-order valence-electron chi connectivity index (χ3n) is 6.66. The first kappa shape index (κ1) is 24.9. The predicted molar refractivity (Wildman–Crippen MR) is 145 cm³/mol. The molecule has 10 heteroatoms. The second-order valence-electron chi connectivity index (χ2n) is 9.01. The van der Waals surface area contributed by atoms with Crippen LogP contribution in [0.2, 0.25) is 10.0 Å². The van der Waals surface area contributed by atoms with E-state index in [0.717, 1.165) is 37.4 Å². The SMILES string of the molecule is CN1CCN(c2ccc(Cl)cc2NC(=O)c2ccc(Cl)c(S(=O)(=O)N3CCc4ccccc43)c2)CC1. The molecule has 2 aliphatic rings. The van der Waals surface area contributed by atoms with Gasteiger partial charge in [0.15, 0.2) is 0 Å². The van der Waals surface area contributed by atoms with Gasteiger partial charge in [0.1, 0.15) is 4.90 Å². The number of hydrogen-bond donors (Lipinski definition) is 1. The zero-order valence-electron chi connectivity index (χ0n) is 19.7. The minimum absolute atomic E-state index is 0.0665. The zero-order chi connectivity index (χ0) is 25.4. The number of carbonyl (C=O) groups excluding carboxylic acids is 1. The smallest absolute Gasteiger partial charge is 0.265 e. The van der Waals surface area contributed by atoms with Gasteiger partial charge in [-0.05, 0) is 61.5 Å². The minimum Gasteiger partial charge on any atom is -0.367 e. The highest BCUT2D eigenvalue weighted by atomic mass is 35.5. The quantitative estimate of drug-likeness (QED) is 0.501. The third kappa shape index (κ3) is 4.78.